The fourth-order valence-electron chi connectivity index (χ4n) is 1.29. The van der Waals surface area contributed by atoms with E-state index in [1.54, 1.807) is 26.8 Å². The molecule has 0 bridgehead atoms. The van der Waals surface area contributed by atoms with Crippen molar-refractivity contribution in [1.82, 2.24) is 5.32 Å². The van der Waals surface area contributed by atoms with Crippen molar-refractivity contribution in [2.75, 3.05) is 0 Å². The summed E-state index contributed by atoms with van der Waals surface area (Å²) in [7, 11) is 0. The van der Waals surface area contributed by atoms with Crippen LogP contribution < -0.4 is 5.32 Å². The fraction of sp³-hybridized carbons (Fsp3) is 0.462. The minimum atomic E-state index is -0.653. The smallest absolute Gasteiger partial charge is 0.252 e. The molecule has 1 atom stereocenters. The molecule has 0 fully saturated rings. The normalized spacial score (nSPS) is 13.3. The van der Waals surface area contributed by atoms with Gasteiger partial charge in [-0.25, -0.2) is 0 Å². The van der Waals surface area contributed by atoms with Crippen LogP contribution in [0.5, 0.6) is 0 Å². The Morgan fingerprint density at radius 3 is 2.59 bits per heavy atom. The average Bonchev–Trinajstić information content (AvgIpc) is 2.21. The maximum Gasteiger partial charge on any atom is 0.252 e. The third-order valence-electron chi connectivity index (χ3n) is 2.92. The number of nitrogens with one attached hydrogen (secondary N) is 1. The van der Waals surface area contributed by atoms with Gasteiger partial charge in [-0.3, -0.25) is 4.79 Å². The van der Waals surface area contributed by atoms with Gasteiger partial charge in [0.05, 0.1) is 17.2 Å². The van der Waals surface area contributed by atoms with Gasteiger partial charge in [0.15, 0.2) is 0 Å². The molecule has 94 valence electrons. The molecule has 1 aromatic carbocycles. The quantitative estimate of drug-likeness (QED) is 0.901. The molecule has 3 nitrogen and oxygen atoms in total. The van der Waals surface area contributed by atoms with Gasteiger partial charge in [0, 0.05) is 4.47 Å². The van der Waals surface area contributed by atoms with Gasteiger partial charge in [0.25, 0.3) is 5.91 Å². The number of amides is 1. The SMILES string of the molecule is Cc1cccc(C(=O)NC(C)(C)C(C)O)c1Br. The Morgan fingerprint density at radius 2 is 2.06 bits per heavy atom. The molecular formula is C13H18BrNO2. The number of aryl methyl sites for hydroxylation is 1. The van der Waals surface area contributed by atoms with Crippen LogP contribution in [0.4, 0.5) is 0 Å². The van der Waals surface area contributed by atoms with Gasteiger partial charge in [0.2, 0.25) is 0 Å². The molecule has 0 radical (unpaired) electrons. The molecule has 4 heteroatoms. The van der Waals surface area contributed by atoms with Crippen LogP contribution in [0.25, 0.3) is 0 Å². The number of halogens is 1. The second kappa shape index (κ2) is 5.19. The lowest BCUT2D eigenvalue weighted by molar-refractivity contribution is 0.0708. The van der Waals surface area contributed by atoms with E-state index in [1.807, 2.05) is 19.1 Å². The van der Waals surface area contributed by atoms with Gasteiger partial charge in [-0.15, -0.1) is 0 Å². The molecule has 1 rings (SSSR count). The maximum atomic E-state index is 12.1. The Labute approximate surface area is 110 Å². The monoisotopic (exact) mass is 299 g/mol. The standard InChI is InChI=1S/C13H18BrNO2/c1-8-6-5-7-10(11(8)14)12(17)15-13(3,4)9(2)16/h5-7,9,16H,1-4H3,(H,15,17). The molecule has 1 unspecified atom stereocenters. The zero-order valence-corrected chi connectivity index (χ0v) is 12.1. The van der Waals surface area contributed by atoms with Gasteiger partial charge in [-0.2, -0.15) is 0 Å². The highest BCUT2D eigenvalue weighted by Crippen LogP contribution is 2.22. The maximum absolute atomic E-state index is 12.1. The second-order valence-electron chi connectivity index (χ2n) is 4.79. The van der Waals surface area contributed by atoms with Crippen LogP contribution in [0.15, 0.2) is 22.7 Å². The Bertz CT molecular complexity index is 427. The van der Waals surface area contributed by atoms with E-state index in [1.165, 1.54) is 0 Å². The molecule has 0 aliphatic heterocycles. The number of aliphatic hydroxyl groups excluding tert-OH is 1. The minimum Gasteiger partial charge on any atom is -0.391 e. The van der Waals surface area contributed by atoms with Crippen LogP contribution in [0.1, 0.15) is 36.7 Å². The lowest BCUT2D eigenvalue weighted by Gasteiger charge is -2.29. The molecule has 0 aromatic heterocycles. The van der Waals surface area contributed by atoms with Crippen molar-refractivity contribution in [2.45, 2.75) is 39.3 Å². The molecule has 0 aliphatic carbocycles. The lowest BCUT2D eigenvalue weighted by atomic mass is 9.98. The van der Waals surface area contributed by atoms with Crippen LogP contribution in [0, 0.1) is 6.92 Å². The summed E-state index contributed by atoms with van der Waals surface area (Å²) in [5.41, 5.74) is 0.937. The predicted octanol–water partition coefficient (Wildman–Crippen LogP) is 2.65. The molecule has 0 aliphatic rings. The van der Waals surface area contributed by atoms with E-state index in [2.05, 4.69) is 21.2 Å². The molecule has 1 aromatic rings. The topological polar surface area (TPSA) is 49.3 Å². The summed E-state index contributed by atoms with van der Waals surface area (Å²) < 4.78 is 0.791. The molecule has 1 amide bonds. The number of hydrogen-bond donors (Lipinski definition) is 2. The summed E-state index contributed by atoms with van der Waals surface area (Å²) >= 11 is 3.40. The van der Waals surface area contributed by atoms with E-state index in [0.717, 1.165) is 10.0 Å². The summed E-state index contributed by atoms with van der Waals surface area (Å²) in [5, 5.41) is 12.4. The van der Waals surface area contributed by atoms with E-state index >= 15 is 0 Å². The fourth-order valence-corrected chi connectivity index (χ4v) is 1.73. The zero-order chi connectivity index (χ0) is 13.2. The predicted molar refractivity (Wildman–Crippen MR) is 72.1 cm³/mol. The molecular weight excluding hydrogens is 282 g/mol. The second-order valence-corrected chi connectivity index (χ2v) is 5.58. The molecule has 0 heterocycles. The van der Waals surface area contributed by atoms with Gasteiger partial charge < -0.3 is 10.4 Å². The highest BCUT2D eigenvalue weighted by atomic mass is 79.9. The summed E-state index contributed by atoms with van der Waals surface area (Å²) in [5.74, 6) is -0.188. The van der Waals surface area contributed by atoms with Crippen LogP contribution in [0.2, 0.25) is 0 Å². The van der Waals surface area contributed by atoms with Crippen LogP contribution in [-0.4, -0.2) is 22.7 Å². The van der Waals surface area contributed by atoms with Crippen molar-refractivity contribution in [3.63, 3.8) is 0 Å². The van der Waals surface area contributed by atoms with E-state index in [0.29, 0.717) is 5.56 Å². The number of hydrogen-bond acceptors (Lipinski definition) is 2. The zero-order valence-electron chi connectivity index (χ0n) is 10.5. The van der Waals surface area contributed by atoms with Crippen molar-refractivity contribution in [3.8, 4) is 0 Å². The van der Waals surface area contributed by atoms with Crippen molar-refractivity contribution in [2.24, 2.45) is 0 Å². The molecule has 0 saturated heterocycles. The first-order chi connectivity index (χ1) is 7.75. The number of carbonyl (C=O) groups is 1. The number of rotatable bonds is 3. The van der Waals surface area contributed by atoms with Crippen LogP contribution in [-0.2, 0) is 0 Å². The largest absolute Gasteiger partial charge is 0.391 e. The number of carbonyl (C=O) groups excluding carboxylic acids is 1. The van der Waals surface area contributed by atoms with E-state index < -0.39 is 11.6 Å². The average molecular weight is 300 g/mol. The molecule has 0 spiro atoms. The number of aliphatic hydroxyl groups is 1. The van der Waals surface area contributed by atoms with E-state index in [-0.39, 0.29) is 5.91 Å². The highest BCUT2D eigenvalue weighted by molar-refractivity contribution is 9.10. The van der Waals surface area contributed by atoms with Crippen molar-refractivity contribution >= 4 is 21.8 Å². The summed E-state index contributed by atoms with van der Waals surface area (Å²) in [4.78, 5) is 12.1. The summed E-state index contributed by atoms with van der Waals surface area (Å²) in [6, 6.07) is 5.52. The van der Waals surface area contributed by atoms with Gasteiger partial charge in [-0.1, -0.05) is 12.1 Å². The first kappa shape index (κ1) is 14.2. The highest BCUT2D eigenvalue weighted by Gasteiger charge is 2.27. The van der Waals surface area contributed by atoms with Gasteiger partial charge >= 0.3 is 0 Å². The number of benzene rings is 1. The lowest BCUT2D eigenvalue weighted by Crippen LogP contribution is -2.51. The molecule has 0 saturated carbocycles. The first-order valence-electron chi connectivity index (χ1n) is 5.51. The summed E-state index contributed by atoms with van der Waals surface area (Å²) in [6.45, 7) is 7.17. The van der Waals surface area contributed by atoms with E-state index in [4.69, 9.17) is 0 Å². The molecule has 17 heavy (non-hydrogen) atoms. The van der Waals surface area contributed by atoms with Crippen LogP contribution >= 0.6 is 15.9 Å². The van der Waals surface area contributed by atoms with Crippen molar-refractivity contribution in [1.29, 1.82) is 0 Å². The Hall–Kier alpha value is -0.870. The minimum absolute atomic E-state index is 0.188. The Kier molecular flexibility index (Phi) is 4.33. The Morgan fingerprint density at radius 1 is 1.47 bits per heavy atom. The van der Waals surface area contributed by atoms with Crippen molar-refractivity contribution in [3.05, 3.63) is 33.8 Å². The van der Waals surface area contributed by atoms with Crippen LogP contribution in [0.3, 0.4) is 0 Å². The third kappa shape index (κ3) is 3.30. The first-order valence-corrected chi connectivity index (χ1v) is 6.30. The van der Waals surface area contributed by atoms with Gasteiger partial charge in [-0.05, 0) is 55.3 Å². The van der Waals surface area contributed by atoms with E-state index in [9.17, 15) is 9.90 Å². The van der Waals surface area contributed by atoms with Gasteiger partial charge in [0.1, 0.15) is 0 Å². The third-order valence-corrected chi connectivity index (χ3v) is 3.97. The van der Waals surface area contributed by atoms with Crippen molar-refractivity contribution < 1.29 is 9.90 Å². The summed E-state index contributed by atoms with van der Waals surface area (Å²) in [6.07, 6.45) is -0.616. The molecule has 2 N–H and O–H groups in total. The Balaban J connectivity index is 2.95.